The summed E-state index contributed by atoms with van der Waals surface area (Å²) in [6.45, 7) is 14.2. The van der Waals surface area contributed by atoms with E-state index in [0.29, 0.717) is 30.1 Å². The standard InChI is InChI=1S/C61H111O7P/c1-7-10-12-14-16-18-20-22-23-25-27-29-31-33-35-38-59(63)68-52(48-66-58(62)37-34-32-30-28-26-24-21-19-17-15-13-11-8-2)49-67-69(64,65)53-43-45-60(5)51(47-53)39-40-54-56-42-41-55(50(4)36-9-3)61(56,6)46-44-57(54)60/h22-23,50-57H,7-21,24-49H2,1-6H3,(H,64,65)/b23-22-/t50-,51?,52-,53?,54?,55-,56?,57?,60+,61-/m1/s1. The molecule has 0 heterocycles. The predicted octanol–water partition coefficient (Wildman–Crippen LogP) is 18.6. The number of esters is 2. The number of ether oxygens (including phenoxy) is 2. The van der Waals surface area contributed by atoms with Gasteiger partial charge in [-0.3, -0.25) is 14.2 Å². The van der Waals surface area contributed by atoms with E-state index in [1.165, 1.54) is 161 Å². The molecule has 4 fully saturated rings. The summed E-state index contributed by atoms with van der Waals surface area (Å²) < 4.78 is 31.7. The minimum absolute atomic E-state index is 0.151. The lowest BCUT2D eigenvalue weighted by Gasteiger charge is -2.61. The van der Waals surface area contributed by atoms with Gasteiger partial charge in [-0.25, -0.2) is 0 Å². The molecule has 0 radical (unpaired) electrons. The van der Waals surface area contributed by atoms with Crippen LogP contribution < -0.4 is 0 Å². The van der Waals surface area contributed by atoms with E-state index in [2.05, 4.69) is 53.7 Å². The van der Waals surface area contributed by atoms with Gasteiger partial charge in [-0.15, -0.1) is 0 Å². The van der Waals surface area contributed by atoms with Gasteiger partial charge in [0, 0.05) is 12.8 Å². The normalized spacial score (nSPS) is 28.4. The maximum Gasteiger partial charge on any atom is 0.331 e. The Morgan fingerprint density at radius 3 is 1.67 bits per heavy atom. The number of carbonyl (C=O) groups excluding carboxylic acids is 2. The van der Waals surface area contributed by atoms with Gasteiger partial charge in [0.2, 0.25) is 0 Å². The molecule has 69 heavy (non-hydrogen) atoms. The summed E-state index contributed by atoms with van der Waals surface area (Å²) in [5.74, 6) is 3.73. The zero-order valence-corrected chi connectivity index (χ0v) is 47.0. The van der Waals surface area contributed by atoms with E-state index in [9.17, 15) is 19.0 Å². The molecule has 8 heteroatoms. The number of hydrogen-bond acceptors (Lipinski definition) is 6. The number of carbonyl (C=O) groups is 2. The van der Waals surface area contributed by atoms with Gasteiger partial charge >= 0.3 is 19.5 Å². The Hall–Kier alpha value is -1.17. The molecule has 0 spiro atoms. The van der Waals surface area contributed by atoms with Crippen molar-refractivity contribution in [2.75, 3.05) is 13.2 Å². The van der Waals surface area contributed by atoms with Crippen LogP contribution in [-0.4, -0.2) is 41.8 Å². The van der Waals surface area contributed by atoms with E-state index in [4.69, 9.17) is 14.0 Å². The molecule has 11 atom stereocenters. The number of fused-ring (bicyclic) bond motifs is 5. The quantitative estimate of drug-likeness (QED) is 0.0283. The second-order valence-electron chi connectivity index (χ2n) is 24.1. The van der Waals surface area contributed by atoms with Crippen LogP contribution in [0, 0.1) is 46.3 Å². The Kier molecular flexibility index (Phi) is 29.4. The zero-order valence-electron chi connectivity index (χ0n) is 46.1. The number of hydrogen-bond donors (Lipinski definition) is 1. The van der Waals surface area contributed by atoms with E-state index in [0.717, 1.165) is 94.3 Å². The number of allylic oxidation sites excluding steroid dienone is 2. The molecule has 4 aliphatic rings. The maximum absolute atomic E-state index is 14.2. The van der Waals surface area contributed by atoms with Crippen molar-refractivity contribution in [3.8, 4) is 0 Å². The summed E-state index contributed by atoms with van der Waals surface area (Å²) in [5.41, 5.74) is 0.254. The second-order valence-corrected chi connectivity index (χ2v) is 26.2. The maximum atomic E-state index is 14.2. The topological polar surface area (TPSA) is 99.1 Å². The van der Waals surface area contributed by atoms with Crippen molar-refractivity contribution in [1.82, 2.24) is 0 Å². The Morgan fingerprint density at radius 1 is 0.594 bits per heavy atom. The lowest BCUT2D eigenvalue weighted by molar-refractivity contribution is -0.161. The molecule has 0 aliphatic heterocycles. The highest BCUT2D eigenvalue weighted by Gasteiger charge is 2.61. The second kappa shape index (κ2) is 33.6. The van der Waals surface area contributed by atoms with Gasteiger partial charge in [0.05, 0.1) is 12.3 Å². The molecule has 7 nitrogen and oxygen atoms in total. The average molecular weight is 988 g/mol. The minimum atomic E-state index is -4.03. The van der Waals surface area contributed by atoms with Crippen LogP contribution in [0.1, 0.15) is 292 Å². The van der Waals surface area contributed by atoms with Gasteiger partial charge in [-0.2, -0.15) is 0 Å². The van der Waals surface area contributed by atoms with Gasteiger partial charge in [0.1, 0.15) is 6.61 Å². The van der Waals surface area contributed by atoms with E-state index >= 15 is 0 Å². The highest BCUT2D eigenvalue weighted by atomic mass is 31.2. The van der Waals surface area contributed by atoms with E-state index in [-0.39, 0.29) is 37.0 Å². The SMILES string of the molecule is CCCCCCCC/C=C\CCCCCCCC(=O)O[C@H](COC(=O)CCCCCCCCCCCCCCC)COP(=O)(O)C1CC[C@@]2(C)C(CCC3C2CC[C@@]2(C)C3CC[C@@H]2[C@H](C)CCC)C1. The molecule has 4 rings (SSSR count). The van der Waals surface area contributed by atoms with Crippen molar-refractivity contribution >= 4 is 19.5 Å². The van der Waals surface area contributed by atoms with Crippen LogP contribution in [0.15, 0.2) is 12.2 Å². The molecule has 402 valence electrons. The molecule has 0 bridgehead atoms. The number of rotatable bonds is 39. The van der Waals surface area contributed by atoms with Crippen molar-refractivity contribution < 1.29 is 33.0 Å². The van der Waals surface area contributed by atoms with Gasteiger partial charge in [-0.05, 0) is 143 Å². The zero-order chi connectivity index (χ0) is 49.8. The van der Waals surface area contributed by atoms with Crippen molar-refractivity contribution in [3.63, 3.8) is 0 Å². The largest absolute Gasteiger partial charge is 0.462 e. The molecule has 1 N–H and O–H groups in total. The molecule has 0 saturated heterocycles. The van der Waals surface area contributed by atoms with Crippen LogP contribution in [0.5, 0.6) is 0 Å². The molecule has 4 aliphatic carbocycles. The highest BCUT2D eigenvalue weighted by molar-refractivity contribution is 7.53. The Labute approximate surface area is 426 Å². The smallest absolute Gasteiger partial charge is 0.331 e. The van der Waals surface area contributed by atoms with Gasteiger partial charge in [0.25, 0.3) is 0 Å². The molecule has 6 unspecified atom stereocenters. The van der Waals surface area contributed by atoms with Gasteiger partial charge < -0.3 is 18.9 Å². The predicted molar refractivity (Wildman–Crippen MR) is 289 cm³/mol. The number of unbranched alkanes of at least 4 members (excludes halogenated alkanes) is 23. The fourth-order valence-corrected chi connectivity index (χ4v) is 16.3. The van der Waals surface area contributed by atoms with Crippen molar-refractivity contribution in [1.29, 1.82) is 0 Å². The first-order valence-corrected chi connectivity index (χ1v) is 32.0. The highest BCUT2D eigenvalue weighted by Crippen LogP contribution is 2.70. The molecular weight excluding hydrogens is 876 g/mol. The van der Waals surface area contributed by atoms with Gasteiger partial charge in [0.15, 0.2) is 6.10 Å². The first-order valence-electron chi connectivity index (χ1n) is 30.4. The third-order valence-electron chi connectivity index (χ3n) is 18.9. The third-order valence-corrected chi connectivity index (χ3v) is 20.8. The monoisotopic (exact) mass is 987 g/mol. The van der Waals surface area contributed by atoms with Crippen LogP contribution in [0.2, 0.25) is 0 Å². The summed E-state index contributed by atoms with van der Waals surface area (Å²) in [7, 11) is -4.03. The van der Waals surface area contributed by atoms with Gasteiger partial charge in [-0.1, -0.05) is 195 Å². The van der Waals surface area contributed by atoms with E-state index in [1.54, 1.807) is 0 Å². The first-order chi connectivity index (χ1) is 33.4. The fourth-order valence-electron chi connectivity index (χ4n) is 14.7. The van der Waals surface area contributed by atoms with Crippen LogP contribution in [0.25, 0.3) is 0 Å². The van der Waals surface area contributed by atoms with Crippen LogP contribution in [-0.2, 0) is 28.2 Å². The van der Waals surface area contributed by atoms with Crippen LogP contribution >= 0.6 is 7.60 Å². The summed E-state index contributed by atoms with van der Waals surface area (Å²) in [5, 5.41) is 0. The Morgan fingerprint density at radius 2 is 1.10 bits per heavy atom. The molecular formula is C61H111O7P. The Bertz CT molecular complexity index is 1460. The molecule has 0 aromatic carbocycles. The Balaban J connectivity index is 1.20. The average Bonchev–Trinajstić information content (AvgIpc) is 3.69. The fraction of sp³-hybridized carbons (Fsp3) is 0.934. The summed E-state index contributed by atoms with van der Waals surface area (Å²) in [6.07, 6.45) is 48.8. The van der Waals surface area contributed by atoms with E-state index < -0.39 is 19.4 Å². The third kappa shape index (κ3) is 20.6. The van der Waals surface area contributed by atoms with Crippen molar-refractivity contribution in [2.45, 2.75) is 304 Å². The molecule has 0 aromatic heterocycles. The summed E-state index contributed by atoms with van der Waals surface area (Å²) in [6, 6.07) is 0. The van der Waals surface area contributed by atoms with Crippen LogP contribution in [0.3, 0.4) is 0 Å². The summed E-state index contributed by atoms with van der Waals surface area (Å²) in [4.78, 5) is 37.7. The minimum Gasteiger partial charge on any atom is -0.462 e. The lowest BCUT2D eigenvalue weighted by Crippen LogP contribution is -2.54. The first kappa shape index (κ1) is 60.4. The van der Waals surface area contributed by atoms with Crippen molar-refractivity contribution in [3.05, 3.63) is 12.2 Å². The summed E-state index contributed by atoms with van der Waals surface area (Å²) >= 11 is 0. The molecule has 4 saturated carbocycles. The van der Waals surface area contributed by atoms with E-state index in [1.807, 2.05) is 0 Å². The van der Waals surface area contributed by atoms with Crippen LogP contribution in [0.4, 0.5) is 0 Å². The lowest BCUT2D eigenvalue weighted by atomic mass is 9.44. The molecule has 0 amide bonds. The van der Waals surface area contributed by atoms with Crippen molar-refractivity contribution in [2.24, 2.45) is 46.3 Å². The molecule has 0 aromatic rings.